The van der Waals surface area contributed by atoms with E-state index in [9.17, 15) is 9.00 Å². The summed E-state index contributed by atoms with van der Waals surface area (Å²) in [5.41, 5.74) is 7.53. The monoisotopic (exact) mass is 336 g/mol. The highest BCUT2D eigenvalue weighted by atomic mass is 32.2. The van der Waals surface area contributed by atoms with Crippen LogP contribution in [0, 0.1) is 5.92 Å². The maximum Gasteiger partial charge on any atom is 0.228 e. The van der Waals surface area contributed by atoms with Crippen molar-refractivity contribution in [1.82, 2.24) is 0 Å². The van der Waals surface area contributed by atoms with Crippen LogP contribution in [0.15, 0.2) is 24.3 Å². The molecule has 1 aromatic rings. The molecule has 0 aromatic heterocycles. The Hall–Kier alpha value is -1.20. The van der Waals surface area contributed by atoms with Crippen molar-refractivity contribution in [3.63, 3.8) is 0 Å². The second-order valence-electron chi connectivity index (χ2n) is 6.62. The molecular weight excluding hydrogens is 308 g/mol. The van der Waals surface area contributed by atoms with Crippen LogP contribution in [0.25, 0.3) is 0 Å². The van der Waals surface area contributed by atoms with Crippen LogP contribution in [0.2, 0.25) is 0 Å². The number of anilines is 1. The average Bonchev–Trinajstić information content (AvgIpc) is 2.55. The van der Waals surface area contributed by atoms with Crippen molar-refractivity contribution in [2.45, 2.75) is 63.0 Å². The van der Waals surface area contributed by atoms with Crippen LogP contribution >= 0.6 is 0 Å². The Labute approximate surface area is 141 Å². The van der Waals surface area contributed by atoms with Gasteiger partial charge in [-0.1, -0.05) is 38.3 Å². The van der Waals surface area contributed by atoms with E-state index < -0.39 is 10.8 Å². The van der Waals surface area contributed by atoms with E-state index in [2.05, 4.69) is 5.32 Å². The normalized spacial score (nSPS) is 19.8. The van der Waals surface area contributed by atoms with E-state index in [4.69, 9.17) is 5.73 Å². The van der Waals surface area contributed by atoms with Crippen molar-refractivity contribution >= 4 is 22.4 Å². The van der Waals surface area contributed by atoms with Gasteiger partial charge >= 0.3 is 0 Å². The number of hydrogen-bond acceptors (Lipinski definition) is 3. The smallest absolute Gasteiger partial charge is 0.228 e. The Kier molecular flexibility index (Phi) is 6.78. The Morgan fingerprint density at radius 1 is 1.30 bits per heavy atom. The minimum Gasteiger partial charge on any atom is -0.327 e. The Bertz CT molecular complexity index is 554. The first-order valence-electron chi connectivity index (χ1n) is 8.50. The highest BCUT2D eigenvalue weighted by Crippen LogP contribution is 2.24. The topological polar surface area (TPSA) is 72.2 Å². The molecule has 3 unspecified atom stereocenters. The average molecular weight is 337 g/mol. The first-order valence-corrected chi connectivity index (χ1v) is 9.88. The van der Waals surface area contributed by atoms with Gasteiger partial charge in [-0.15, -0.1) is 0 Å². The molecule has 128 valence electrons. The van der Waals surface area contributed by atoms with E-state index in [0.717, 1.165) is 24.1 Å². The second kappa shape index (κ2) is 8.60. The van der Waals surface area contributed by atoms with Crippen LogP contribution in [0.5, 0.6) is 0 Å². The quantitative estimate of drug-likeness (QED) is 0.838. The Morgan fingerprint density at radius 3 is 2.65 bits per heavy atom. The summed E-state index contributed by atoms with van der Waals surface area (Å²) in [6.45, 7) is 3.65. The molecule has 1 aliphatic rings. The third-order valence-electron chi connectivity index (χ3n) is 4.63. The maximum absolute atomic E-state index is 12.5. The zero-order chi connectivity index (χ0) is 16.8. The lowest BCUT2D eigenvalue weighted by molar-refractivity contribution is -0.119. The zero-order valence-corrected chi connectivity index (χ0v) is 14.9. The largest absolute Gasteiger partial charge is 0.327 e. The molecule has 3 atom stereocenters. The first-order chi connectivity index (χ1) is 11.0. The molecule has 0 spiro atoms. The van der Waals surface area contributed by atoms with Crippen molar-refractivity contribution in [3.05, 3.63) is 29.8 Å². The van der Waals surface area contributed by atoms with Crippen LogP contribution in [-0.4, -0.2) is 21.4 Å². The maximum atomic E-state index is 12.5. The summed E-state index contributed by atoms with van der Waals surface area (Å²) in [5.74, 6) is 0.248. The van der Waals surface area contributed by atoms with Gasteiger partial charge < -0.3 is 11.1 Å². The van der Waals surface area contributed by atoms with E-state index in [1.54, 1.807) is 0 Å². The van der Waals surface area contributed by atoms with Crippen molar-refractivity contribution < 1.29 is 9.00 Å². The lowest BCUT2D eigenvalue weighted by Crippen LogP contribution is -2.34. The summed E-state index contributed by atoms with van der Waals surface area (Å²) in [4.78, 5) is 12.1. The SMILES string of the molecule is CC(N)C(C)C(=O)Nc1cccc(CS(=O)C2CCCCC2)c1. The van der Waals surface area contributed by atoms with Crippen molar-refractivity contribution in [2.75, 3.05) is 5.32 Å². The summed E-state index contributed by atoms with van der Waals surface area (Å²) in [7, 11) is -0.827. The zero-order valence-electron chi connectivity index (χ0n) is 14.1. The number of rotatable bonds is 6. The number of hydrogen-bond donors (Lipinski definition) is 2. The van der Waals surface area contributed by atoms with Gasteiger partial charge in [0.2, 0.25) is 5.91 Å². The van der Waals surface area contributed by atoms with E-state index >= 15 is 0 Å². The molecule has 0 bridgehead atoms. The predicted molar refractivity (Wildman–Crippen MR) is 96.6 cm³/mol. The fourth-order valence-corrected chi connectivity index (χ4v) is 4.45. The van der Waals surface area contributed by atoms with E-state index in [-0.39, 0.29) is 17.9 Å². The molecule has 0 saturated heterocycles. The third-order valence-corrected chi connectivity index (χ3v) is 6.46. The van der Waals surface area contributed by atoms with Crippen LogP contribution in [0.4, 0.5) is 5.69 Å². The molecule has 5 heteroatoms. The highest BCUT2D eigenvalue weighted by molar-refractivity contribution is 7.84. The van der Waals surface area contributed by atoms with E-state index in [0.29, 0.717) is 11.0 Å². The summed E-state index contributed by atoms with van der Waals surface area (Å²) in [6, 6.07) is 7.48. The molecule has 23 heavy (non-hydrogen) atoms. The van der Waals surface area contributed by atoms with Gasteiger partial charge in [-0.2, -0.15) is 0 Å². The molecule has 1 fully saturated rings. The van der Waals surface area contributed by atoms with Gasteiger partial charge in [-0.05, 0) is 37.5 Å². The van der Waals surface area contributed by atoms with Crippen LogP contribution in [-0.2, 0) is 21.3 Å². The van der Waals surface area contributed by atoms with Gasteiger partial charge in [-0.3, -0.25) is 9.00 Å². The fraction of sp³-hybridized carbons (Fsp3) is 0.611. The molecule has 0 radical (unpaired) electrons. The summed E-state index contributed by atoms with van der Waals surface area (Å²) >= 11 is 0. The van der Waals surface area contributed by atoms with Crippen LogP contribution in [0.3, 0.4) is 0 Å². The van der Waals surface area contributed by atoms with E-state index in [1.165, 1.54) is 19.3 Å². The lowest BCUT2D eigenvalue weighted by Gasteiger charge is -2.21. The number of carbonyl (C=O) groups is 1. The molecule has 1 aromatic carbocycles. The second-order valence-corrected chi connectivity index (χ2v) is 8.34. The summed E-state index contributed by atoms with van der Waals surface area (Å²) in [6.07, 6.45) is 5.82. The van der Waals surface area contributed by atoms with Gasteiger partial charge in [0.1, 0.15) is 0 Å². The summed E-state index contributed by atoms with van der Waals surface area (Å²) < 4.78 is 12.5. The lowest BCUT2D eigenvalue weighted by atomic mass is 10.0. The molecule has 2 rings (SSSR count). The van der Waals surface area contributed by atoms with Gasteiger partial charge in [0.05, 0.1) is 5.92 Å². The Balaban J connectivity index is 1.96. The predicted octanol–water partition coefficient (Wildman–Crippen LogP) is 3.19. The molecule has 0 aliphatic heterocycles. The number of nitrogens with one attached hydrogen (secondary N) is 1. The molecule has 0 heterocycles. The Morgan fingerprint density at radius 2 is 2.00 bits per heavy atom. The minimum absolute atomic E-state index is 0.0782. The third kappa shape index (κ3) is 5.43. The van der Waals surface area contributed by atoms with Crippen molar-refractivity contribution in [1.29, 1.82) is 0 Å². The van der Waals surface area contributed by atoms with Gasteiger partial charge in [-0.25, -0.2) is 0 Å². The molecule has 1 aliphatic carbocycles. The molecule has 1 amide bonds. The minimum atomic E-state index is -0.827. The molecule has 4 nitrogen and oxygen atoms in total. The molecule has 3 N–H and O–H groups in total. The highest BCUT2D eigenvalue weighted by Gasteiger charge is 2.20. The van der Waals surface area contributed by atoms with Gasteiger partial charge in [0, 0.05) is 33.5 Å². The number of amides is 1. The molecular formula is C18H28N2O2S. The fourth-order valence-electron chi connectivity index (χ4n) is 2.84. The number of nitrogens with two attached hydrogens (primary N) is 1. The van der Waals surface area contributed by atoms with Crippen molar-refractivity contribution in [2.24, 2.45) is 11.7 Å². The van der Waals surface area contributed by atoms with Gasteiger partial charge in [0.15, 0.2) is 0 Å². The van der Waals surface area contributed by atoms with Gasteiger partial charge in [0.25, 0.3) is 0 Å². The van der Waals surface area contributed by atoms with Crippen molar-refractivity contribution in [3.8, 4) is 0 Å². The van der Waals surface area contributed by atoms with Crippen LogP contribution in [0.1, 0.15) is 51.5 Å². The first kappa shape index (κ1) is 18.1. The number of benzene rings is 1. The van der Waals surface area contributed by atoms with Crippen LogP contribution < -0.4 is 11.1 Å². The standard InChI is InChI=1S/C18H28N2O2S/c1-13(14(2)19)18(21)20-16-8-6-7-15(11-16)12-23(22)17-9-4-3-5-10-17/h6-8,11,13-14,17H,3-5,9-10,12,19H2,1-2H3,(H,20,21). The molecule has 1 saturated carbocycles. The van der Waals surface area contributed by atoms with E-state index in [1.807, 2.05) is 38.1 Å². The summed E-state index contributed by atoms with van der Waals surface area (Å²) in [5, 5.41) is 3.23. The number of carbonyl (C=O) groups excluding carboxylic acids is 1.